The molecule has 1 aliphatic heterocycles. The second-order valence-corrected chi connectivity index (χ2v) is 3.53. The number of amides is 3. The summed E-state index contributed by atoms with van der Waals surface area (Å²) in [4.78, 5) is 23.9. The Morgan fingerprint density at radius 3 is 1.82 bits per heavy atom. The highest BCUT2D eigenvalue weighted by Crippen LogP contribution is 2.33. The maximum atomic E-state index is 11.0. The van der Waals surface area contributed by atoms with E-state index in [1.165, 1.54) is 14.1 Å². The van der Waals surface area contributed by atoms with E-state index in [2.05, 4.69) is 0 Å². The summed E-state index contributed by atoms with van der Waals surface area (Å²) in [6.45, 7) is 0. The highest BCUT2D eigenvalue weighted by Gasteiger charge is 2.52. The Labute approximate surface area is 73.6 Å². The standard InChI is InChI=1S/C5H6Cl2N2O2/c1-8-3(10)5(6,7)9(2)4(8)11/h1-2H3. The molecule has 1 fully saturated rings. The van der Waals surface area contributed by atoms with Crippen molar-refractivity contribution in [3.05, 3.63) is 0 Å². The molecule has 0 radical (unpaired) electrons. The third kappa shape index (κ3) is 0.973. The molecule has 1 aliphatic rings. The van der Waals surface area contributed by atoms with Gasteiger partial charge in [0.2, 0.25) is 0 Å². The molecule has 11 heavy (non-hydrogen) atoms. The van der Waals surface area contributed by atoms with E-state index in [1.54, 1.807) is 0 Å². The molecule has 0 aromatic carbocycles. The SMILES string of the molecule is CN1C(=O)N(C)C(Cl)(Cl)C1=O. The van der Waals surface area contributed by atoms with Gasteiger partial charge < -0.3 is 0 Å². The van der Waals surface area contributed by atoms with Crippen LogP contribution < -0.4 is 0 Å². The molecule has 0 unspecified atom stereocenters. The van der Waals surface area contributed by atoms with Gasteiger partial charge in [-0.2, -0.15) is 0 Å². The second kappa shape index (κ2) is 2.25. The average Bonchev–Trinajstić information content (AvgIpc) is 2.06. The van der Waals surface area contributed by atoms with Gasteiger partial charge >= 0.3 is 6.03 Å². The van der Waals surface area contributed by atoms with Gasteiger partial charge in [0.25, 0.3) is 10.4 Å². The Morgan fingerprint density at radius 2 is 1.73 bits per heavy atom. The van der Waals surface area contributed by atoms with Crippen LogP contribution in [0.15, 0.2) is 0 Å². The van der Waals surface area contributed by atoms with Crippen molar-refractivity contribution in [2.24, 2.45) is 0 Å². The number of urea groups is 1. The van der Waals surface area contributed by atoms with Crippen molar-refractivity contribution in [3.63, 3.8) is 0 Å². The number of halogens is 2. The quantitative estimate of drug-likeness (QED) is 0.325. The summed E-state index contributed by atoms with van der Waals surface area (Å²) in [7, 11) is 2.69. The van der Waals surface area contributed by atoms with Crippen LogP contribution in [0, 0.1) is 0 Å². The van der Waals surface area contributed by atoms with Crippen molar-refractivity contribution in [1.82, 2.24) is 9.80 Å². The molecule has 1 saturated heterocycles. The largest absolute Gasteiger partial charge is 0.329 e. The van der Waals surface area contributed by atoms with Gasteiger partial charge in [-0.05, 0) is 0 Å². The number of carbonyl (C=O) groups is 2. The Bertz CT molecular complexity index is 229. The summed E-state index contributed by atoms with van der Waals surface area (Å²) in [6.07, 6.45) is 0. The van der Waals surface area contributed by atoms with E-state index in [9.17, 15) is 9.59 Å². The number of alkyl halides is 2. The lowest BCUT2D eigenvalue weighted by molar-refractivity contribution is -0.126. The highest BCUT2D eigenvalue weighted by molar-refractivity contribution is 6.60. The van der Waals surface area contributed by atoms with E-state index >= 15 is 0 Å². The minimum Gasteiger partial charge on any atom is -0.287 e. The van der Waals surface area contributed by atoms with Crippen molar-refractivity contribution in [2.45, 2.75) is 4.46 Å². The number of hydrogen-bond donors (Lipinski definition) is 0. The zero-order valence-corrected chi connectivity index (χ0v) is 7.48. The van der Waals surface area contributed by atoms with E-state index in [0.717, 1.165) is 9.80 Å². The zero-order valence-electron chi connectivity index (χ0n) is 5.97. The monoisotopic (exact) mass is 196 g/mol. The van der Waals surface area contributed by atoms with Gasteiger partial charge in [-0.3, -0.25) is 14.6 Å². The van der Waals surface area contributed by atoms with Gasteiger partial charge in [0.05, 0.1) is 0 Å². The van der Waals surface area contributed by atoms with Crippen LogP contribution in [0.1, 0.15) is 0 Å². The number of hydrogen-bond acceptors (Lipinski definition) is 2. The summed E-state index contributed by atoms with van der Waals surface area (Å²) in [5.41, 5.74) is 0. The molecule has 62 valence electrons. The smallest absolute Gasteiger partial charge is 0.287 e. The maximum Gasteiger partial charge on any atom is 0.329 e. The van der Waals surface area contributed by atoms with Gasteiger partial charge in [0.15, 0.2) is 0 Å². The second-order valence-electron chi connectivity index (χ2n) is 2.25. The van der Waals surface area contributed by atoms with Crippen molar-refractivity contribution in [3.8, 4) is 0 Å². The van der Waals surface area contributed by atoms with Crippen LogP contribution in [0.3, 0.4) is 0 Å². The molecule has 0 atom stereocenters. The normalized spacial score (nSPS) is 23.3. The molecule has 1 rings (SSSR count). The average molecular weight is 197 g/mol. The lowest BCUT2D eigenvalue weighted by atomic mass is 10.6. The number of likely N-dealkylation sites (N-methyl/N-ethyl adjacent to an activating group) is 2. The summed E-state index contributed by atoms with van der Waals surface area (Å²) >= 11 is 11.1. The first kappa shape index (κ1) is 8.62. The van der Waals surface area contributed by atoms with Gasteiger partial charge in [0, 0.05) is 14.1 Å². The number of nitrogens with zero attached hydrogens (tertiary/aromatic N) is 2. The maximum absolute atomic E-state index is 11.0. The summed E-state index contributed by atoms with van der Waals surface area (Å²) in [5, 5.41) is 0. The Kier molecular flexibility index (Phi) is 1.76. The molecule has 0 N–H and O–H groups in total. The molecule has 4 nitrogen and oxygen atoms in total. The third-order valence-electron chi connectivity index (χ3n) is 1.56. The van der Waals surface area contributed by atoms with E-state index in [0.29, 0.717) is 0 Å². The van der Waals surface area contributed by atoms with Crippen LogP contribution in [0.5, 0.6) is 0 Å². The minimum absolute atomic E-state index is 0.500. The fourth-order valence-corrected chi connectivity index (χ4v) is 1.18. The van der Waals surface area contributed by atoms with E-state index in [-0.39, 0.29) is 0 Å². The summed E-state index contributed by atoms with van der Waals surface area (Å²) in [5.74, 6) is -0.617. The van der Waals surface area contributed by atoms with Gasteiger partial charge in [-0.25, -0.2) is 4.79 Å². The van der Waals surface area contributed by atoms with Crippen molar-refractivity contribution >= 4 is 35.1 Å². The molecule has 0 spiro atoms. The number of carbonyl (C=O) groups excluding carboxylic acids is 2. The van der Waals surface area contributed by atoms with Crippen LogP contribution in [-0.4, -0.2) is 40.3 Å². The molecule has 3 amide bonds. The molecular weight excluding hydrogens is 191 g/mol. The molecule has 6 heteroatoms. The Hall–Kier alpha value is -0.480. The predicted molar refractivity (Wildman–Crippen MR) is 40.4 cm³/mol. The van der Waals surface area contributed by atoms with Crippen LogP contribution in [0.4, 0.5) is 4.79 Å². The van der Waals surface area contributed by atoms with Crippen LogP contribution >= 0.6 is 23.2 Å². The molecular formula is C5H6Cl2N2O2. The van der Waals surface area contributed by atoms with Crippen molar-refractivity contribution in [1.29, 1.82) is 0 Å². The lowest BCUT2D eigenvalue weighted by Gasteiger charge is -2.16. The summed E-state index contributed by atoms with van der Waals surface area (Å²) in [6, 6.07) is -0.500. The molecule has 0 aromatic rings. The lowest BCUT2D eigenvalue weighted by Crippen LogP contribution is -2.36. The Morgan fingerprint density at radius 1 is 1.27 bits per heavy atom. The van der Waals surface area contributed by atoms with E-state index in [4.69, 9.17) is 23.2 Å². The van der Waals surface area contributed by atoms with Crippen LogP contribution in [0.2, 0.25) is 0 Å². The molecule has 0 bridgehead atoms. The first-order valence-electron chi connectivity index (χ1n) is 2.83. The molecule has 0 aliphatic carbocycles. The minimum atomic E-state index is -1.73. The number of rotatable bonds is 0. The van der Waals surface area contributed by atoms with E-state index < -0.39 is 16.4 Å². The van der Waals surface area contributed by atoms with Crippen LogP contribution in [-0.2, 0) is 4.79 Å². The molecule has 0 saturated carbocycles. The van der Waals surface area contributed by atoms with Gasteiger partial charge in [0.1, 0.15) is 0 Å². The van der Waals surface area contributed by atoms with Crippen molar-refractivity contribution in [2.75, 3.05) is 14.1 Å². The van der Waals surface area contributed by atoms with Gasteiger partial charge in [-0.1, -0.05) is 23.2 Å². The fourth-order valence-electron chi connectivity index (χ4n) is 0.777. The summed E-state index contributed by atoms with van der Waals surface area (Å²) < 4.78 is -1.73. The predicted octanol–water partition coefficient (Wildman–Crippen LogP) is 0.642. The van der Waals surface area contributed by atoms with E-state index in [1.807, 2.05) is 0 Å². The number of imide groups is 1. The van der Waals surface area contributed by atoms with Crippen molar-refractivity contribution < 1.29 is 9.59 Å². The van der Waals surface area contributed by atoms with Gasteiger partial charge in [-0.15, -0.1) is 0 Å². The first-order valence-corrected chi connectivity index (χ1v) is 3.58. The Balaban J connectivity index is 3.06. The van der Waals surface area contributed by atoms with Crippen LogP contribution in [0.25, 0.3) is 0 Å². The first-order chi connectivity index (χ1) is 4.89. The highest BCUT2D eigenvalue weighted by atomic mass is 35.5. The fraction of sp³-hybridized carbons (Fsp3) is 0.600. The topological polar surface area (TPSA) is 40.6 Å². The molecule has 0 aromatic heterocycles. The third-order valence-corrected chi connectivity index (χ3v) is 2.39. The molecule has 1 heterocycles. The zero-order chi connectivity index (χ0) is 8.81.